The van der Waals surface area contributed by atoms with Gasteiger partial charge in [0.05, 0.1) is 22.6 Å². The Balaban J connectivity index is 2.29. The minimum atomic E-state index is 0.778. The second-order valence-corrected chi connectivity index (χ2v) is 4.01. The Kier molecular flexibility index (Phi) is 1.53. The van der Waals surface area contributed by atoms with Crippen molar-refractivity contribution in [2.24, 2.45) is 0 Å². The molecule has 0 spiro atoms. The second-order valence-electron chi connectivity index (χ2n) is 4.01. The summed E-state index contributed by atoms with van der Waals surface area (Å²) >= 11 is 0. The van der Waals surface area contributed by atoms with Gasteiger partial charge in [-0.15, -0.1) is 0 Å². The number of hydrogen-bond donors (Lipinski definition) is 1. The van der Waals surface area contributed by atoms with Gasteiger partial charge in [-0.1, -0.05) is 18.2 Å². The number of nitrogens with zero attached hydrogens (tertiary/aromatic N) is 3. The molecule has 0 aliphatic heterocycles. The van der Waals surface area contributed by atoms with E-state index in [1.165, 1.54) is 0 Å². The molecule has 0 radical (unpaired) electrons. The molecule has 0 unspecified atom stereocenters. The molecule has 0 aliphatic rings. The third-order valence-corrected chi connectivity index (χ3v) is 2.96. The third kappa shape index (κ3) is 1.15. The van der Waals surface area contributed by atoms with Gasteiger partial charge in [0.2, 0.25) is 0 Å². The highest BCUT2D eigenvalue weighted by Crippen LogP contribution is 2.23. The predicted octanol–water partition coefficient (Wildman–Crippen LogP) is 2.66. The van der Waals surface area contributed by atoms with Crippen LogP contribution in [-0.4, -0.2) is 20.2 Å². The maximum Gasteiger partial charge on any atom is 0.157 e. The van der Waals surface area contributed by atoms with Gasteiger partial charge in [-0.3, -0.25) is 5.10 Å². The number of aromatic amines is 1. The predicted molar refractivity (Wildman–Crippen MR) is 66.7 cm³/mol. The minimum Gasteiger partial charge on any atom is -0.261 e. The lowest BCUT2D eigenvalue weighted by molar-refractivity contribution is 1.10. The van der Waals surface area contributed by atoms with Crippen molar-refractivity contribution in [2.45, 2.75) is 0 Å². The van der Waals surface area contributed by atoms with E-state index in [9.17, 15) is 0 Å². The van der Waals surface area contributed by atoms with Crippen LogP contribution in [0.25, 0.3) is 32.8 Å². The van der Waals surface area contributed by atoms with Crippen LogP contribution in [0, 0.1) is 0 Å². The first-order chi connectivity index (χ1) is 8.42. The summed E-state index contributed by atoms with van der Waals surface area (Å²) in [6, 6.07) is 10.2. The molecule has 1 N–H and O–H groups in total. The second kappa shape index (κ2) is 3.01. The summed E-state index contributed by atoms with van der Waals surface area (Å²) in [5, 5.41) is 10.00. The fourth-order valence-electron chi connectivity index (χ4n) is 2.13. The van der Waals surface area contributed by atoms with Gasteiger partial charge in [-0.05, 0) is 12.1 Å². The van der Waals surface area contributed by atoms with Gasteiger partial charge in [-0.2, -0.15) is 5.10 Å². The van der Waals surface area contributed by atoms with E-state index in [-0.39, 0.29) is 0 Å². The van der Waals surface area contributed by atoms with Gasteiger partial charge >= 0.3 is 0 Å². The first kappa shape index (κ1) is 8.64. The van der Waals surface area contributed by atoms with Crippen LogP contribution in [0.2, 0.25) is 0 Å². The number of fused-ring (bicyclic) bond motifs is 4. The molecule has 17 heavy (non-hydrogen) atoms. The van der Waals surface area contributed by atoms with E-state index in [1.807, 2.05) is 24.4 Å². The van der Waals surface area contributed by atoms with Gasteiger partial charge < -0.3 is 0 Å². The van der Waals surface area contributed by atoms with E-state index in [0.29, 0.717) is 0 Å². The molecule has 0 saturated carbocycles. The van der Waals surface area contributed by atoms with Crippen LogP contribution in [-0.2, 0) is 0 Å². The number of benzene rings is 1. The Morgan fingerprint density at radius 1 is 1.00 bits per heavy atom. The molecule has 0 bridgehead atoms. The Labute approximate surface area is 96.3 Å². The van der Waals surface area contributed by atoms with E-state index in [1.54, 1.807) is 6.20 Å². The fourth-order valence-corrected chi connectivity index (χ4v) is 2.13. The van der Waals surface area contributed by atoms with E-state index < -0.39 is 0 Å². The van der Waals surface area contributed by atoms with Crippen LogP contribution in [0.4, 0.5) is 0 Å². The Bertz CT molecular complexity index is 848. The lowest BCUT2D eigenvalue weighted by Gasteiger charge is -2.01. The first-order valence-corrected chi connectivity index (χ1v) is 5.39. The smallest absolute Gasteiger partial charge is 0.157 e. The van der Waals surface area contributed by atoms with Crippen molar-refractivity contribution in [3.05, 3.63) is 42.7 Å². The van der Waals surface area contributed by atoms with Crippen molar-refractivity contribution in [2.75, 3.05) is 0 Å². The van der Waals surface area contributed by atoms with Gasteiger partial charge in [0.25, 0.3) is 0 Å². The maximum atomic E-state index is 4.68. The molecular weight excluding hydrogens is 212 g/mol. The number of nitrogens with one attached hydrogen (secondary N) is 1. The Hall–Kier alpha value is -2.49. The molecule has 3 aromatic heterocycles. The van der Waals surface area contributed by atoms with Gasteiger partial charge in [0.1, 0.15) is 0 Å². The number of pyridine rings is 2. The molecule has 0 fully saturated rings. The van der Waals surface area contributed by atoms with Crippen molar-refractivity contribution in [3.63, 3.8) is 0 Å². The molecule has 1 aromatic carbocycles. The zero-order chi connectivity index (χ0) is 11.2. The van der Waals surface area contributed by atoms with Crippen molar-refractivity contribution < 1.29 is 0 Å². The molecule has 0 amide bonds. The van der Waals surface area contributed by atoms with Crippen LogP contribution in [0.1, 0.15) is 0 Å². The summed E-state index contributed by atoms with van der Waals surface area (Å²) in [7, 11) is 0. The molecule has 0 atom stereocenters. The summed E-state index contributed by atoms with van der Waals surface area (Å²) in [5.74, 6) is 0. The zero-order valence-electron chi connectivity index (χ0n) is 8.88. The number of hydrogen-bond acceptors (Lipinski definition) is 3. The number of aromatic nitrogens is 4. The van der Waals surface area contributed by atoms with Crippen molar-refractivity contribution in [3.8, 4) is 0 Å². The SMILES string of the molecule is c1ccc2nc3c(cnc4[nH]ncc43)cc2c1. The molecule has 4 rings (SSSR count). The maximum absolute atomic E-state index is 4.68. The van der Waals surface area contributed by atoms with Crippen molar-refractivity contribution in [1.29, 1.82) is 0 Å². The van der Waals surface area contributed by atoms with Gasteiger partial charge in [0, 0.05) is 17.0 Å². The van der Waals surface area contributed by atoms with E-state index in [0.717, 1.165) is 32.8 Å². The normalized spacial score (nSPS) is 11.5. The summed E-state index contributed by atoms with van der Waals surface area (Å²) in [5.41, 5.74) is 2.72. The van der Waals surface area contributed by atoms with Crippen LogP contribution in [0.5, 0.6) is 0 Å². The monoisotopic (exact) mass is 220 g/mol. The average Bonchev–Trinajstić information content (AvgIpc) is 2.85. The summed E-state index contributed by atoms with van der Waals surface area (Å²) in [6.45, 7) is 0. The number of rotatable bonds is 0. The number of H-pyrrole nitrogens is 1. The average molecular weight is 220 g/mol. The zero-order valence-corrected chi connectivity index (χ0v) is 8.88. The van der Waals surface area contributed by atoms with E-state index >= 15 is 0 Å². The van der Waals surface area contributed by atoms with Gasteiger partial charge in [-0.25, -0.2) is 9.97 Å². The fraction of sp³-hybridized carbons (Fsp3) is 0. The Morgan fingerprint density at radius 3 is 2.94 bits per heavy atom. The van der Waals surface area contributed by atoms with Crippen molar-refractivity contribution >= 4 is 32.8 Å². The lowest BCUT2D eigenvalue weighted by Crippen LogP contribution is -1.85. The standard InChI is InChI=1S/C13H8N4/c1-2-4-11-8(3-1)5-9-6-14-13-10(7-15-17-13)12(9)16-11/h1-7H,(H,14,15,17). The summed E-state index contributed by atoms with van der Waals surface area (Å²) < 4.78 is 0. The highest BCUT2D eigenvalue weighted by molar-refractivity contribution is 6.05. The molecule has 4 nitrogen and oxygen atoms in total. The highest BCUT2D eigenvalue weighted by atomic mass is 15.1. The first-order valence-electron chi connectivity index (χ1n) is 5.39. The molecule has 4 aromatic rings. The van der Waals surface area contributed by atoms with E-state index in [4.69, 9.17) is 0 Å². The summed E-state index contributed by atoms with van der Waals surface area (Å²) in [4.78, 5) is 9.00. The molecular formula is C13H8N4. The highest BCUT2D eigenvalue weighted by Gasteiger charge is 2.05. The van der Waals surface area contributed by atoms with Crippen LogP contribution in [0.3, 0.4) is 0 Å². The topological polar surface area (TPSA) is 54.5 Å². The van der Waals surface area contributed by atoms with Crippen LogP contribution < -0.4 is 0 Å². The van der Waals surface area contributed by atoms with Crippen molar-refractivity contribution in [1.82, 2.24) is 20.2 Å². The largest absolute Gasteiger partial charge is 0.261 e. The molecule has 3 heterocycles. The molecule has 0 saturated heterocycles. The lowest BCUT2D eigenvalue weighted by atomic mass is 10.1. The quantitative estimate of drug-likeness (QED) is 0.463. The minimum absolute atomic E-state index is 0.778. The third-order valence-electron chi connectivity index (χ3n) is 2.96. The number of para-hydroxylation sites is 1. The molecule has 4 heteroatoms. The Morgan fingerprint density at radius 2 is 1.94 bits per heavy atom. The van der Waals surface area contributed by atoms with Crippen LogP contribution >= 0.6 is 0 Å². The van der Waals surface area contributed by atoms with Crippen LogP contribution in [0.15, 0.2) is 42.7 Å². The van der Waals surface area contributed by atoms with E-state index in [2.05, 4.69) is 32.3 Å². The summed E-state index contributed by atoms with van der Waals surface area (Å²) in [6.07, 6.45) is 3.60. The van der Waals surface area contributed by atoms with Gasteiger partial charge in [0.15, 0.2) is 5.65 Å². The molecule has 80 valence electrons. The molecule has 0 aliphatic carbocycles.